The Morgan fingerprint density at radius 1 is 1.26 bits per heavy atom. The van der Waals surface area contributed by atoms with Crippen LogP contribution in [0.25, 0.3) is 22.4 Å². The van der Waals surface area contributed by atoms with Crippen LogP contribution in [0.15, 0.2) is 22.0 Å². The Kier molecular flexibility index (Phi) is 3.24. The lowest BCUT2D eigenvalue weighted by molar-refractivity contribution is 0.636. The summed E-state index contributed by atoms with van der Waals surface area (Å²) >= 11 is 10.8. The summed E-state index contributed by atoms with van der Waals surface area (Å²) in [7, 11) is 0. The van der Waals surface area contributed by atoms with Gasteiger partial charge in [0.15, 0.2) is 11.6 Å². The predicted octanol–water partition coefficient (Wildman–Crippen LogP) is 4.62. The molecule has 3 nitrogen and oxygen atoms in total. The first-order chi connectivity index (χ1) is 9.04. The molecule has 0 spiro atoms. The first-order valence-corrected chi connectivity index (χ1v) is 7.34. The van der Waals surface area contributed by atoms with E-state index in [2.05, 4.69) is 30.9 Å². The molecule has 96 valence electrons. The van der Waals surface area contributed by atoms with E-state index in [1.54, 1.807) is 6.07 Å². The van der Waals surface area contributed by atoms with Crippen LogP contribution in [0.3, 0.4) is 0 Å². The lowest BCUT2D eigenvalue weighted by Crippen LogP contribution is -1.94. The third kappa shape index (κ3) is 2.35. The molecule has 0 saturated carbocycles. The van der Waals surface area contributed by atoms with Crippen molar-refractivity contribution in [3.8, 4) is 11.5 Å². The standard InChI is InChI=1S/C12H6BrClFN3S/c1-5-16-9(4-19-5)12-17-10-7(11(14)18-12)2-6(13)3-8(10)15/h2-4H,1H3. The van der Waals surface area contributed by atoms with Crippen LogP contribution in [-0.4, -0.2) is 15.0 Å². The third-order valence-electron chi connectivity index (χ3n) is 2.52. The van der Waals surface area contributed by atoms with E-state index in [-0.39, 0.29) is 10.7 Å². The van der Waals surface area contributed by atoms with Crippen molar-refractivity contribution in [3.63, 3.8) is 0 Å². The smallest absolute Gasteiger partial charge is 0.181 e. The molecule has 0 amide bonds. The minimum absolute atomic E-state index is 0.198. The van der Waals surface area contributed by atoms with Gasteiger partial charge in [0.25, 0.3) is 0 Å². The molecule has 3 rings (SSSR count). The maximum absolute atomic E-state index is 13.9. The van der Waals surface area contributed by atoms with Crippen molar-refractivity contribution in [1.29, 1.82) is 0 Å². The minimum Gasteiger partial charge on any atom is -0.238 e. The number of benzene rings is 1. The van der Waals surface area contributed by atoms with Crippen molar-refractivity contribution >= 4 is 49.8 Å². The molecule has 2 heterocycles. The van der Waals surface area contributed by atoms with E-state index in [1.165, 1.54) is 17.4 Å². The molecular formula is C12H6BrClFN3S. The maximum Gasteiger partial charge on any atom is 0.181 e. The summed E-state index contributed by atoms with van der Waals surface area (Å²) < 4.78 is 14.5. The molecule has 19 heavy (non-hydrogen) atoms. The van der Waals surface area contributed by atoms with Crippen LogP contribution in [0.4, 0.5) is 4.39 Å². The zero-order chi connectivity index (χ0) is 13.6. The van der Waals surface area contributed by atoms with Crippen LogP contribution in [0.1, 0.15) is 5.01 Å². The molecule has 3 aromatic rings. The molecule has 0 bridgehead atoms. The van der Waals surface area contributed by atoms with E-state index in [0.717, 1.165) is 5.01 Å². The first kappa shape index (κ1) is 12.9. The van der Waals surface area contributed by atoms with Crippen LogP contribution < -0.4 is 0 Å². The van der Waals surface area contributed by atoms with E-state index in [4.69, 9.17) is 11.6 Å². The Labute approximate surface area is 125 Å². The molecule has 0 saturated heterocycles. The summed E-state index contributed by atoms with van der Waals surface area (Å²) in [6, 6.07) is 3.04. The van der Waals surface area contributed by atoms with Crippen molar-refractivity contribution in [2.75, 3.05) is 0 Å². The number of thiazole rings is 1. The number of aromatic nitrogens is 3. The molecule has 2 aromatic heterocycles. The van der Waals surface area contributed by atoms with E-state index in [1.807, 2.05) is 12.3 Å². The molecule has 0 atom stereocenters. The molecule has 0 aliphatic carbocycles. The Hall–Kier alpha value is -1.11. The second-order valence-corrected chi connectivity index (χ2v) is 6.21. The van der Waals surface area contributed by atoms with Crippen LogP contribution in [0, 0.1) is 12.7 Å². The molecule has 0 radical (unpaired) electrons. The van der Waals surface area contributed by atoms with Gasteiger partial charge in [0, 0.05) is 15.2 Å². The molecule has 0 N–H and O–H groups in total. The lowest BCUT2D eigenvalue weighted by Gasteiger charge is -2.04. The molecule has 7 heteroatoms. The fourth-order valence-corrected chi connectivity index (χ4v) is 2.95. The maximum atomic E-state index is 13.9. The van der Waals surface area contributed by atoms with Gasteiger partial charge in [0.2, 0.25) is 0 Å². The largest absolute Gasteiger partial charge is 0.238 e. The highest BCUT2D eigenvalue weighted by molar-refractivity contribution is 9.10. The number of halogens is 3. The molecule has 0 fully saturated rings. The predicted molar refractivity (Wildman–Crippen MR) is 78.1 cm³/mol. The average Bonchev–Trinajstić information content (AvgIpc) is 2.77. The summed E-state index contributed by atoms with van der Waals surface area (Å²) in [6.07, 6.45) is 0. The number of rotatable bonds is 1. The van der Waals surface area contributed by atoms with Crippen molar-refractivity contribution in [3.05, 3.63) is 38.0 Å². The summed E-state index contributed by atoms with van der Waals surface area (Å²) in [5.74, 6) is -0.107. The van der Waals surface area contributed by atoms with Crippen LogP contribution >= 0.6 is 38.9 Å². The normalized spacial score (nSPS) is 11.2. The highest BCUT2D eigenvalue weighted by Crippen LogP contribution is 2.29. The minimum atomic E-state index is -0.443. The van der Waals surface area contributed by atoms with E-state index in [0.29, 0.717) is 21.4 Å². The number of fused-ring (bicyclic) bond motifs is 1. The van der Waals surface area contributed by atoms with Gasteiger partial charge in [0.05, 0.1) is 5.01 Å². The highest BCUT2D eigenvalue weighted by Gasteiger charge is 2.13. The molecule has 0 aliphatic heterocycles. The van der Waals surface area contributed by atoms with E-state index < -0.39 is 5.82 Å². The van der Waals surface area contributed by atoms with Crippen molar-refractivity contribution in [2.45, 2.75) is 6.92 Å². The molecule has 0 unspecified atom stereocenters. The van der Waals surface area contributed by atoms with Gasteiger partial charge in [0.1, 0.15) is 16.4 Å². The van der Waals surface area contributed by atoms with Crippen LogP contribution in [0.5, 0.6) is 0 Å². The third-order valence-corrected chi connectivity index (χ3v) is 4.04. The summed E-state index contributed by atoms with van der Waals surface area (Å²) in [6.45, 7) is 1.88. The fourth-order valence-electron chi connectivity index (χ4n) is 1.70. The second-order valence-electron chi connectivity index (χ2n) is 3.87. The van der Waals surface area contributed by atoms with E-state index in [9.17, 15) is 4.39 Å². The van der Waals surface area contributed by atoms with Crippen LogP contribution in [-0.2, 0) is 0 Å². The number of nitrogens with zero attached hydrogens (tertiary/aromatic N) is 3. The quantitative estimate of drug-likeness (QED) is 0.596. The lowest BCUT2D eigenvalue weighted by atomic mass is 10.2. The SMILES string of the molecule is Cc1nc(-c2nc(Cl)c3cc(Br)cc(F)c3n2)cs1. The van der Waals surface area contributed by atoms with Crippen molar-refractivity contribution < 1.29 is 4.39 Å². The molecule has 1 aromatic carbocycles. The van der Waals surface area contributed by atoms with Gasteiger partial charge in [-0.2, -0.15) is 0 Å². The summed E-state index contributed by atoms with van der Waals surface area (Å²) in [5, 5.41) is 3.41. The first-order valence-electron chi connectivity index (χ1n) is 5.29. The number of hydrogen-bond donors (Lipinski definition) is 0. The second kappa shape index (κ2) is 4.77. The van der Waals surface area contributed by atoms with Crippen molar-refractivity contribution in [2.24, 2.45) is 0 Å². The van der Waals surface area contributed by atoms with Gasteiger partial charge in [-0.25, -0.2) is 19.3 Å². The van der Waals surface area contributed by atoms with Crippen molar-refractivity contribution in [1.82, 2.24) is 15.0 Å². The van der Waals surface area contributed by atoms with Gasteiger partial charge in [-0.1, -0.05) is 27.5 Å². The Morgan fingerprint density at radius 3 is 2.74 bits per heavy atom. The monoisotopic (exact) mass is 357 g/mol. The summed E-state index contributed by atoms with van der Waals surface area (Å²) in [5.41, 5.74) is 0.803. The Morgan fingerprint density at radius 2 is 2.05 bits per heavy atom. The fraction of sp³-hybridized carbons (Fsp3) is 0.0833. The Bertz CT molecular complexity index is 790. The number of hydrogen-bond acceptors (Lipinski definition) is 4. The van der Waals surface area contributed by atoms with Gasteiger partial charge >= 0.3 is 0 Å². The highest BCUT2D eigenvalue weighted by atomic mass is 79.9. The summed E-state index contributed by atoms with van der Waals surface area (Å²) in [4.78, 5) is 12.7. The van der Waals surface area contributed by atoms with Crippen LogP contribution in [0.2, 0.25) is 5.15 Å². The van der Waals surface area contributed by atoms with E-state index >= 15 is 0 Å². The zero-order valence-corrected chi connectivity index (χ0v) is 12.8. The van der Waals surface area contributed by atoms with Gasteiger partial charge in [-0.15, -0.1) is 11.3 Å². The average molecular weight is 359 g/mol. The molecular weight excluding hydrogens is 353 g/mol. The topological polar surface area (TPSA) is 38.7 Å². The van der Waals surface area contributed by atoms with Gasteiger partial charge in [-0.05, 0) is 19.1 Å². The Balaban J connectivity index is 2.30. The van der Waals surface area contributed by atoms with Gasteiger partial charge in [-0.3, -0.25) is 0 Å². The zero-order valence-electron chi connectivity index (χ0n) is 9.62. The molecule has 0 aliphatic rings. The number of aryl methyl sites for hydroxylation is 1. The van der Waals surface area contributed by atoms with Gasteiger partial charge < -0.3 is 0 Å².